The monoisotopic (exact) mass is 1060 g/mol. The zero-order valence-electron chi connectivity index (χ0n) is 44.9. The van der Waals surface area contributed by atoms with E-state index in [2.05, 4.69) is 335 Å². The molecule has 0 saturated carbocycles. The number of para-hydroxylation sites is 4. The van der Waals surface area contributed by atoms with Crippen LogP contribution in [0, 0.1) is 0 Å². The van der Waals surface area contributed by atoms with Gasteiger partial charge < -0.3 is 13.7 Å². The first-order valence-electron chi connectivity index (χ1n) is 28.3. The number of fused-ring (bicyclic) bond motifs is 9. The average molecular weight is 1060 g/mol. The molecule has 3 aromatic heterocycles. The summed E-state index contributed by atoms with van der Waals surface area (Å²) in [5.41, 5.74) is 17.7. The SMILES string of the molecule is c1ccc(-c2cccc(-c3ccc(-n4c5ccccc5c5cc(-n6c7ccccc7c7cc(-c8ccccc8-n8c9ccccc9c9ccc([Si](c%10ccccc%10)(c%10ccccc%10)c%10ccccc%10)cc98)ccc76)ccc54)cc3)c2)cc1. The summed E-state index contributed by atoms with van der Waals surface area (Å²) in [5, 5.41) is 12.8. The highest BCUT2D eigenvalue weighted by molar-refractivity contribution is 7.20. The van der Waals surface area contributed by atoms with Crippen molar-refractivity contribution < 1.29 is 0 Å². The number of hydrogen-bond donors (Lipinski definition) is 0. The third-order valence-corrected chi connectivity index (χ3v) is 22.0. The van der Waals surface area contributed by atoms with Crippen LogP contribution in [0.15, 0.2) is 322 Å². The number of aromatic nitrogens is 3. The molecule has 0 atom stereocenters. The van der Waals surface area contributed by atoms with Crippen LogP contribution < -0.4 is 20.7 Å². The Labute approximate surface area is 477 Å². The predicted molar refractivity (Wildman–Crippen MR) is 349 cm³/mol. The molecule has 0 unspecified atom stereocenters. The van der Waals surface area contributed by atoms with Gasteiger partial charge in [0.05, 0.1) is 38.8 Å². The van der Waals surface area contributed by atoms with E-state index in [-0.39, 0.29) is 0 Å². The van der Waals surface area contributed by atoms with Crippen LogP contribution in [0.5, 0.6) is 0 Å². The molecule has 0 aliphatic carbocycles. The largest absolute Gasteiger partial charge is 0.309 e. The van der Waals surface area contributed by atoms with Gasteiger partial charge in [-0.1, -0.05) is 243 Å². The number of rotatable bonds is 10. The normalized spacial score (nSPS) is 11.9. The van der Waals surface area contributed by atoms with Gasteiger partial charge in [0.1, 0.15) is 0 Å². The van der Waals surface area contributed by atoms with Crippen molar-refractivity contribution in [2.45, 2.75) is 0 Å². The Kier molecular flexibility index (Phi) is 11.2. The molecule has 3 heterocycles. The Bertz CT molecular complexity index is 4980. The van der Waals surface area contributed by atoms with Crippen LogP contribution in [0.1, 0.15) is 0 Å². The third-order valence-electron chi connectivity index (χ3n) is 17.2. The van der Waals surface area contributed by atoms with Crippen LogP contribution in [0.25, 0.3) is 116 Å². The first-order chi connectivity index (χ1) is 40.7. The molecular formula is C78H53N3Si. The van der Waals surface area contributed by atoms with E-state index < -0.39 is 8.07 Å². The first-order valence-corrected chi connectivity index (χ1v) is 30.3. The van der Waals surface area contributed by atoms with Gasteiger partial charge in [0.2, 0.25) is 0 Å². The molecule has 0 aliphatic rings. The molecule has 0 fully saturated rings. The highest BCUT2D eigenvalue weighted by Crippen LogP contribution is 2.41. The molecule has 0 aliphatic heterocycles. The second-order valence-corrected chi connectivity index (χ2v) is 25.4. The van der Waals surface area contributed by atoms with Crippen molar-refractivity contribution in [3.05, 3.63) is 322 Å². The first kappa shape index (κ1) is 47.5. The van der Waals surface area contributed by atoms with Gasteiger partial charge in [-0.15, -0.1) is 0 Å². The van der Waals surface area contributed by atoms with Crippen LogP contribution in [-0.2, 0) is 0 Å². The molecule has 0 amide bonds. The number of hydrogen-bond acceptors (Lipinski definition) is 0. The molecule has 0 saturated heterocycles. The number of benzene rings is 13. The summed E-state index contributed by atoms with van der Waals surface area (Å²) in [4.78, 5) is 0. The predicted octanol–water partition coefficient (Wildman–Crippen LogP) is 17.4. The summed E-state index contributed by atoms with van der Waals surface area (Å²) >= 11 is 0. The van der Waals surface area contributed by atoms with Crippen molar-refractivity contribution >= 4 is 94.2 Å². The lowest BCUT2D eigenvalue weighted by atomic mass is 9.99. The fourth-order valence-corrected chi connectivity index (χ4v) is 18.3. The quantitative estimate of drug-likeness (QED) is 0.0958. The second-order valence-electron chi connectivity index (χ2n) is 21.6. The highest BCUT2D eigenvalue weighted by Gasteiger charge is 2.41. The fourth-order valence-electron chi connectivity index (χ4n) is 13.5. The zero-order valence-corrected chi connectivity index (χ0v) is 45.9. The molecular weight excluding hydrogens is 1010 g/mol. The number of nitrogens with zero attached hydrogens (tertiary/aromatic N) is 3. The molecule has 0 bridgehead atoms. The lowest BCUT2D eigenvalue weighted by Gasteiger charge is -2.34. The zero-order chi connectivity index (χ0) is 54.1. The maximum atomic E-state index is 2.53. The minimum Gasteiger partial charge on any atom is -0.309 e. The maximum absolute atomic E-state index is 2.83. The van der Waals surface area contributed by atoms with Gasteiger partial charge in [0.25, 0.3) is 0 Å². The van der Waals surface area contributed by atoms with Crippen molar-refractivity contribution in [3.8, 4) is 50.4 Å². The molecule has 4 heteroatoms. The van der Waals surface area contributed by atoms with E-state index in [9.17, 15) is 0 Å². The maximum Gasteiger partial charge on any atom is 0.179 e. The Morgan fingerprint density at radius 2 is 0.610 bits per heavy atom. The summed E-state index contributed by atoms with van der Waals surface area (Å²) in [5.74, 6) is 0. The van der Waals surface area contributed by atoms with E-state index in [1.54, 1.807) is 0 Å². The lowest BCUT2D eigenvalue weighted by Crippen LogP contribution is -2.74. The Morgan fingerprint density at radius 1 is 0.195 bits per heavy atom. The highest BCUT2D eigenvalue weighted by atomic mass is 28.3. The summed E-state index contributed by atoms with van der Waals surface area (Å²) in [6, 6.07) is 119. The second kappa shape index (κ2) is 19.4. The van der Waals surface area contributed by atoms with Gasteiger partial charge in [-0.25, -0.2) is 0 Å². The van der Waals surface area contributed by atoms with Gasteiger partial charge in [0, 0.05) is 49.3 Å². The molecule has 13 aromatic carbocycles. The van der Waals surface area contributed by atoms with E-state index in [0.29, 0.717) is 0 Å². The summed E-state index contributed by atoms with van der Waals surface area (Å²) < 4.78 is 7.41. The molecule has 16 aromatic rings. The summed E-state index contributed by atoms with van der Waals surface area (Å²) in [7, 11) is -2.83. The van der Waals surface area contributed by atoms with Crippen molar-refractivity contribution in [3.63, 3.8) is 0 Å². The van der Waals surface area contributed by atoms with Gasteiger partial charge in [-0.2, -0.15) is 0 Å². The van der Waals surface area contributed by atoms with Gasteiger partial charge in [0.15, 0.2) is 8.07 Å². The van der Waals surface area contributed by atoms with Crippen molar-refractivity contribution in [1.82, 2.24) is 13.7 Å². The van der Waals surface area contributed by atoms with Crippen molar-refractivity contribution in [2.24, 2.45) is 0 Å². The Morgan fingerprint density at radius 3 is 1.22 bits per heavy atom. The lowest BCUT2D eigenvalue weighted by molar-refractivity contribution is 1.16. The van der Waals surface area contributed by atoms with Crippen molar-refractivity contribution in [1.29, 1.82) is 0 Å². The van der Waals surface area contributed by atoms with E-state index in [1.807, 2.05) is 0 Å². The van der Waals surface area contributed by atoms with E-state index in [0.717, 1.165) is 17.1 Å². The topological polar surface area (TPSA) is 14.8 Å². The molecule has 82 heavy (non-hydrogen) atoms. The van der Waals surface area contributed by atoms with E-state index in [4.69, 9.17) is 0 Å². The van der Waals surface area contributed by atoms with Crippen LogP contribution in [0.4, 0.5) is 0 Å². The van der Waals surface area contributed by atoms with Gasteiger partial charge in [-0.05, 0) is 127 Å². The van der Waals surface area contributed by atoms with Gasteiger partial charge >= 0.3 is 0 Å². The fraction of sp³-hybridized carbons (Fsp3) is 0. The van der Waals surface area contributed by atoms with E-state index in [1.165, 1.54) is 120 Å². The third kappa shape index (κ3) is 7.50. The van der Waals surface area contributed by atoms with Crippen LogP contribution in [-0.4, -0.2) is 21.8 Å². The molecule has 0 spiro atoms. The summed E-state index contributed by atoms with van der Waals surface area (Å²) in [6.45, 7) is 0. The minimum atomic E-state index is -2.83. The summed E-state index contributed by atoms with van der Waals surface area (Å²) in [6.07, 6.45) is 0. The van der Waals surface area contributed by atoms with Crippen LogP contribution >= 0.6 is 0 Å². The van der Waals surface area contributed by atoms with Gasteiger partial charge in [-0.3, -0.25) is 0 Å². The standard InChI is InChI=1S/C78H53N3Si/c1-5-22-54(23-6-1)56-24-21-25-57(50-56)55-40-43-59(44-41-55)79-73-37-18-16-35-68(73)71-52-60(45-49-77(71)79)80-74-38-19-15-34-67(74)70-51-58(42-48-76(70)80)65-32-13-17-36-72(65)81-75-39-20-14-33-66(75)69-47-46-64(53-78(69)81)82(61-26-7-2-8-27-61,62-28-9-3-10-29-62)63-30-11-4-12-31-63/h1-53H. The van der Waals surface area contributed by atoms with Crippen molar-refractivity contribution in [2.75, 3.05) is 0 Å². The Hall–Kier alpha value is -10.5. The molecule has 3 nitrogen and oxygen atoms in total. The molecule has 16 rings (SSSR count). The van der Waals surface area contributed by atoms with Crippen LogP contribution in [0.3, 0.4) is 0 Å². The smallest absolute Gasteiger partial charge is 0.179 e. The Balaban J connectivity index is 0.829. The minimum absolute atomic E-state index is 1.13. The molecule has 0 N–H and O–H groups in total. The van der Waals surface area contributed by atoms with E-state index >= 15 is 0 Å². The molecule has 0 radical (unpaired) electrons. The average Bonchev–Trinajstić information content (AvgIpc) is 4.36. The van der Waals surface area contributed by atoms with Crippen LogP contribution in [0.2, 0.25) is 0 Å². The molecule has 384 valence electrons.